The van der Waals surface area contributed by atoms with Gasteiger partial charge in [-0.05, 0) is 97.1 Å². The monoisotopic (exact) mass is 674 g/mol. The predicted molar refractivity (Wildman–Crippen MR) is 207 cm³/mol. The molecule has 0 spiro atoms. The fourth-order valence-electron chi connectivity index (χ4n) is 7.53. The fraction of sp³-hybridized carbons (Fsp3) is 0. The molecule has 0 bridgehead atoms. The van der Waals surface area contributed by atoms with Crippen molar-refractivity contribution >= 4 is 43.6 Å². The number of hydrogen-bond acceptors (Lipinski definition) is 2. The average Bonchev–Trinajstić information content (AvgIpc) is 3.71. The van der Waals surface area contributed by atoms with E-state index in [1.807, 2.05) is 24.3 Å². The third-order valence-corrected chi connectivity index (χ3v) is 9.85. The smallest absolute Gasteiger partial charge is 0.160 e. The summed E-state index contributed by atoms with van der Waals surface area (Å²) in [6.45, 7) is 0. The van der Waals surface area contributed by atoms with Crippen LogP contribution < -0.4 is 0 Å². The first-order valence-corrected chi connectivity index (χ1v) is 17.1. The number of benzene rings is 7. The zero-order valence-corrected chi connectivity index (χ0v) is 27.7. The fourth-order valence-corrected chi connectivity index (χ4v) is 7.53. The summed E-state index contributed by atoms with van der Waals surface area (Å²) in [5.74, 6) is -0.187. The minimum Gasteiger partial charge on any atom is -0.309 e. The molecular formula is C46H28F2N4. The van der Waals surface area contributed by atoms with E-state index >= 15 is 0 Å². The zero-order chi connectivity index (χ0) is 34.8. The minimum atomic E-state index is -0.349. The van der Waals surface area contributed by atoms with Crippen molar-refractivity contribution in [3.05, 3.63) is 181 Å². The summed E-state index contributed by atoms with van der Waals surface area (Å²) >= 11 is 0. The van der Waals surface area contributed by atoms with Gasteiger partial charge in [-0.15, -0.1) is 0 Å². The van der Waals surface area contributed by atoms with Gasteiger partial charge in [-0.3, -0.25) is 0 Å². The highest BCUT2D eigenvalue weighted by molar-refractivity contribution is 6.26. The molecule has 0 fully saturated rings. The van der Waals surface area contributed by atoms with E-state index in [1.54, 1.807) is 18.2 Å². The van der Waals surface area contributed by atoms with Crippen LogP contribution in [0.3, 0.4) is 0 Å². The Morgan fingerprint density at radius 3 is 1.77 bits per heavy atom. The molecular weight excluding hydrogens is 647 g/mol. The lowest BCUT2D eigenvalue weighted by molar-refractivity contribution is 0.627. The first kappa shape index (κ1) is 29.9. The average molecular weight is 675 g/mol. The lowest BCUT2D eigenvalue weighted by Crippen LogP contribution is -1.98. The molecule has 0 unspecified atom stereocenters. The number of rotatable bonds is 5. The summed E-state index contributed by atoms with van der Waals surface area (Å²) in [7, 11) is 0. The van der Waals surface area contributed by atoms with Gasteiger partial charge in [-0.2, -0.15) is 0 Å². The van der Waals surface area contributed by atoms with E-state index in [9.17, 15) is 8.78 Å². The van der Waals surface area contributed by atoms with E-state index in [0.717, 1.165) is 39.1 Å². The third kappa shape index (κ3) is 4.80. The van der Waals surface area contributed by atoms with Gasteiger partial charge in [0, 0.05) is 49.6 Å². The summed E-state index contributed by atoms with van der Waals surface area (Å²) in [6, 6.07) is 54.8. The highest BCUT2D eigenvalue weighted by Gasteiger charge is 2.21. The molecule has 7 aromatic carbocycles. The molecule has 0 amide bonds. The maximum Gasteiger partial charge on any atom is 0.160 e. The van der Waals surface area contributed by atoms with Crippen LogP contribution in [-0.4, -0.2) is 19.1 Å². The molecule has 4 nitrogen and oxygen atoms in total. The number of aromatic nitrogens is 4. The van der Waals surface area contributed by atoms with Crippen molar-refractivity contribution in [1.29, 1.82) is 0 Å². The molecule has 0 saturated heterocycles. The van der Waals surface area contributed by atoms with Gasteiger partial charge in [0.15, 0.2) is 5.82 Å². The summed E-state index contributed by atoms with van der Waals surface area (Å²) in [6.07, 6.45) is 0. The maximum absolute atomic E-state index is 14.3. The predicted octanol–water partition coefficient (Wildman–Crippen LogP) is 11.9. The standard InChI is InChI=1S/C46H28F2N4/c47-32-21-17-29(18-22-32)39-28-40(31-9-8-10-33(48)27-31)50-46(49-39)30-19-23-35(24-20-30)51-42-16-7-5-14-38(42)44-43(51)26-25-37-36-13-4-6-15-41(36)52(45(37)44)34-11-2-1-3-12-34/h1-28H. The van der Waals surface area contributed by atoms with Crippen molar-refractivity contribution in [3.63, 3.8) is 0 Å². The highest BCUT2D eigenvalue weighted by atomic mass is 19.1. The van der Waals surface area contributed by atoms with E-state index in [0.29, 0.717) is 22.8 Å². The molecule has 10 rings (SSSR count). The van der Waals surface area contributed by atoms with Crippen LogP contribution >= 0.6 is 0 Å². The van der Waals surface area contributed by atoms with E-state index in [4.69, 9.17) is 9.97 Å². The molecule has 0 aliphatic carbocycles. The number of halogens is 2. The molecule has 3 aromatic heterocycles. The van der Waals surface area contributed by atoms with Crippen molar-refractivity contribution in [2.45, 2.75) is 0 Å². The zero-order valence-electron chi connectivity index (χ0n) is 27.7. The molecule has 6 heteroatoms. The van der Waals surface area contributed by atoms with Gasteiger partial charge in [0.05, 0.1) is 33.5 Å². The second kappa shape index (κ2) is 11.9. The van der Waals surface area contributed by atoms with Gasteiger partial charge in [-0.25, -0.2) is 18.7 Å². The maximum atomic E-state index is 14.3. The van der Waals surface area contributed by atoms with Gasteiger partial charge in [-0.1, -0.05) is 72.8 Å². The summed E-state index contributed by atoms with van der Waals surface area (Å²) in [5, 5.41) is 4.77. The molecule has 0 radical (unpaired) electrons. The van der Waals surface area contributed by atoms with Crippen LogP contribution in [0.15, 0.2) is 170 Å². The van der Waals surface area contributed by atoms with Gasteiger partial charge in [0.2, 0.25) is 0 Å². The Hall–Kier alpha value is -6.92. The molecule has 0 atom stereocenters. The quantitative estimate of drug-likeness (QED) is 0.182. The van der Waals surface area contributed by atoms with Crippen LogP contribution in [0.25, 0.3) is 88.9 Å². The van der Waals surface area contributed by atoms with Crippen LogP contribution in [0.5, 0.6) is 0 Å². The van der Waals surface area contributed by atoms with Gasteiger partial charge < -0.3 is 9.13 Å². The molecule has 0 aliphatic rings. The van der Waals surface area contributed by atoms with Crippen LogP contribution in [0.2, 0.25) is 0 Å². The second-order valence-corrected chi connectivity index (χ2v) is 12.9. The number of fused-ring (bicyclic) bond motifs is 7. The Balaban J connectivity index is 1.17. The molecule has 0 saturated carbocycles. The van der Waals surface area contributed by atoms with Crippen LogP contribution in [0.4, 0.5) is 8.78 Å². The van der Waals surface area contributed by atoms with Crippen molar-refractivity contribution < 1.29 is 8.78 Å². The summed E-state index contributed by atoms with van der Waals surface area (Å²) < 4.78 is 32.8. The SMILES string of the molecule is Fc1ccc(-c2cc(-c3cccc(F)c3)nc(-c3ccc(-n4c5ccccc5c5c4ccc4c6ccccc6n(-c6ccccc6)c45)cc3)n2)cc1. The van der Waals surface area contributed by atoms with E-state index < -0.39 is 0 Å². The summed E-state index contributed by atoms with van der Waals surface area (Å²) in [4.78, 5) is 9.78. The second-order valence-electron chi connectivity index (χ2n) is 12.9. The van der Waals surface area contributed by atoms with Gasteiger partial charge in [0.25, 0.3) is 0 Å². The molecule has 0 aliphatic heterocycles. The molecule has 0 N–H and O–H groups in total. The van der Waals surface area contributed by atoms with Crippen LogP contribution in [0.1, 0.15) is 0 Å². The number of hydrogen-bond donors (Lipinski definition) is 0. The summed E-state index contributed by atoms with van der Waals surface area (Å²) in [5.41, 5.74) is 10.0. The Labute approximate surface area is 297 Å². The largest absolute Gasteiger partial charge is 0.309 e. The Morgan fingerprint density at radius 1 is 0.385 bits per heavy atom. The molecule has 3 heterocycles. The van der Waals surface area contributed by atoms with E-state index in [2.05, 4.69) is 112 Å². The molecule has 246 valence electrons. The Morgan fingerprint density at radius 2 is 1.02 bits per heavy atom. The topological polar surface area (TPSA) is 35.6 Å². The first-order chi connectivity index (χ1) is 25.6. The normalized spacial score (nSPS) is 11.7. The van der Waals surface area contributed by atoms with Crippen molar-refractivity contribution in [2.75, 3.05) is 0 Å². The Kier molecular flexibility index (Phi) is 6.83. The van der Waals surface area contributed by atoms with E-state index in [-0.39, 0.29) is 11.6 Å². The third-order valence-electron chi connectivity index (χ3n) is 9.85. The Bertz CT molecular complexity index is 2960. The lowest BCUT2D eigenvalue weighted by Gasteiger charge is -2.12. The van der Waals surface area contributed by atoms with Gasteiger partial charge in [0.1, 0.15) is 11.6 Å². The highest BCUT2D eigenvalue weighted by Crippen LogP contribution is 2.42. The van der Waals surface area contributed by atoms with Crippen LogP contribution in [0, 0.1) is 11.6 Å². The van der Waals surface area contributed by atoms with Gasteiger partial charge >= 0.3 is 0 Å². The first-order valence-electron chi connectivity index (χ1n) is 17.1. The minimum absolute atomic E-state index is 0.328. The van der Waals surface area contributed by atoms with Crippen molar-refractivity contribution in [1.82, 2.24) is 19.1 Å². The van der Waals surface area contributed by atoms with Crippen molar-refractivity contribution in [2.24, 2.45) is 0 Å². The van der Waals surface area contributed by atoms with E-state index in [1.165, 1.54) is 51.3 Å². The van der Waals surface area contributed by atoms with Crippen molar-refractivity contribution in [3.8, 4) is 45.3 Å². The lowest BCUT2D eigenvalue weighted by atomic mass is 10.1. The molecule has 10 aromatic rings. The number of nitrogens with zero attached hydrogens (tertiary/aromatic N) is 4. The number of para-hydroxylation sites is 3. The van der Waals surface area contributed by atoms with Crippen LogP contribution in [-0.2, 0) is 0 Å². The molecule has 52 heavy (non-hydrogen) atoms.